The summed E-state index contributed by atoms with van der Waals surface area (Å²) in [5, 5.41) is 28.0. The lowest BCUT2D eigenvalue weighted by Gasteiger charge is -2.03. The van der Waals surface area contributed by atoms with E-state index in [2.05, 4.69) is 24.3 Å². The number of nitro benzene ring substituents is 1. The van der Waals surface area contributed by atoms with Crippen LogP contribution in [0.15, 0.2) is 72.8 Å². The fourth-order valence-electron chi connectivity index (χ4n) is 2.15. The minimum Gasteiger partial charge on any atom is -0.504 e. The van der Waals surface area contributed by atoms with E-state index in [1.54, 1.807) is 0 Å². The summed E-state index contributed by atoms with van der Waals surface area (Å²) in [5.74, 6) is -1.38. The molecule has 0 fully saturated rings. The maximum Gasteiger partial charge on any atom is 0.316 e. The number of ether oxygens (including phenoxy) is 1. The summed E-state index contributed by atoms with van der Waals surface area (Å²) < 4.78 is 5.61. The fourth-order valence-corrected chi connectivity index (χ4v) is 2.35. The van der Waals surface area contributed by atoms with Crippen molar-refractivity contribution in [3.05, 3.63) is 99.1 Å². The van der Waals surface area contributed by atoms with Gasteiger partial charge in [0.15, 0.2) is 5.75 Å². The normalized spacial score (nSPS) is 9.96. The van der Waals surface area contributed by atoms with Crippen LogP contribution >= 0.6 is 11.6 Å². The fraction of sp³-hybridized carbons (Fsp3) is 0.100. The number of benzene rings is 3. The van der Waals surface area contributed by atoms with Gasteiger partial charge in [0.1, 0.15) is 0 Å². The van der Waals surface area contributed by atoms with Crippen molar-refractivity contribution >= 4 is 17.3 Å². The monoisotopic (exact) mass is 387 g/mol. The van der Waals surface area contributed by atoms with Crippen molar-refractivity contribution in [3.8, 4) is 11.5 Å². The number of halogens is 1. The Morgan fingerprint density at radius 2 is 1.37 bits per heavy atom. The molecule has 0 saturated carbocycles. The molecule has 140 valence electrons. The molecule has 0 unspecified atom stereocenters. The predicted molar refractivity (Wildman–Crippen MR) is 103 cm³/mol. The molecule has 0 heterocycles. The van der Waals surface area contributed by atoms with E-state index in [4.69, 9.17) is 26.6 Å². The number of hydrogen-bond acceptors (Lipinski definition) is 5. The number of phenolic OH excluding ortho intramolecular Hbond substituents is 2. The van der Waals surface area contributed by atoms with Gasteiger partial charge in [0.05, 0.1) is 23.2 Å². The summed E-state index contributed by atoms with van der Waals surface area (Å²) >= 11 is 5.39. The second kappa shape index (κ2) is 10.2. The Kier molecular flexibility index (Phi) is 7.61. The Morgan fingerprint density at radius 1 is 0.889 bits per heavy atom. The molecule has 3 aromatic carbocycles. The number of hydrogen-bond donors (Lipinski definition) is 2. The molecule has 0 bridgehead atoms. The second-order valence-corrected chi connectivity index (χ2v) is 5.95. The van der Waals surface area contributed by atoms with Gasteiger partial charge in [0.2, 0.25) is 5.75 Å². The first-order chi connectivity index (χ1) is 13.0. The molecule has 6 nitrogen and oxygen atoms in total. The van der Waals surface area contributed by atoms with Crippen molar-refractivity contribution in [2.75, 3.05) is 0 Å². The Bertz CT molecular complexity index is 833. The summed E-state index contributed by atoms with van der Waals surface area (Å²) in [5.41, 5.74) is 1.82. The van der Waals surface area contributed by atoms with E-state index < -0.39 is 22.1 Å². The number of nitro groups is 1. The van der Waals surface area contributed by atoms with E-state index in [1.807, 2.05) is 36.4 Å². The molecule has 3 rings (SSSR count). The van der Waals surface area contributed by atoms with Crippen LogP contribution in [0.1, 0.15) is 11.1 Å². The summed E-state index contributed by atoms with van der Waals surface area (Å²) in [7, 11) is 0. The van der Waals surface area contributed by atoms with E-state index in [-0.39, 0.29) is 5.02 Å². The predicted octanol–water partition coefficient (Wildman–Crippen LogP) is 5.06. The highest BCUT2D eigenvalue weighted by atomic mass is 35.5. The number of phenols is 2. The first kappa shape index (κ1) is 20.2. The van der Waals surface area contributed by atoms with E-state index in [0.29, 0.717) is 13.2 Å². The molecule has 0 aliphatic carbocycles. The molecule has 0 aliphatic heterocycles. The summed E-state index contributed by atoms with van der Waals surface area (Å²) in [6, 6.07) is 22.4. The number of rotatable bonds is 5. The van der Waals surface area contributed by atoms with Crippen molar-refractivity contribution in [1.29, 1.82) is 0 Å². The highest BCUT2D eigenvalue weighted by molar-refractivity contribution is 6.31. The van der Waals surface area contributed by atoms with Crippen molar-refractivity contribution in [1.82, 2.24) is 0 Å². The first-order valence-corrected chi connectivity index (χ1v) is 8.36. The Labute approximate surface area is 161 Å². The van der Waals surface area contributed by atoms with Crippen LogP contribution in [0.25, 0.3) is 0 Å². The zero-order valence-electron chi connectivity index (χ0n) is 14.3. The standard InChI is InChI=1S/C14H14O.C6H4ClNO4/c1-3-7-13(8-4-1)11-15-12-14-9-5-2-6-10-14;7-3-1-4(8(11)12)6(10)5(9)2-3/h1-10H,11-12H2;1-2,9-10H. The van der Waals surface area contributed by atoms with E-state index in [9.17, 15) is 10.1 Å². The van der Waals surface area contributed by atoms with Crippen LogP contribution in [0, 0.1) is 10.1 Å². The lowest BCUT2D eigenvalue weighted by Crippen LogP contribution is -1.93. The number of nitrogens with zero attached hydrogens (tertiary/aromatic N) is 1. The van der Waals surface area contributed by atoms with E-state index in [1.165, 1.54) is 11.1 Å². The third-order valence-electron chi connectivity index (χ3n) is 3.45. The van der Waals surface area contributed by atoms with Gasteiger partial charge < -0.3 is 14.9 Å². The molecule has 0 saturated heterocycles. The van der Waals surface area contributed by atoms with Crippen LogP contribution in [0.3, 0.4) is 0 Å². The molecular formula is C20H18ClNO5. The minimum absolute atomic E-state index is 0.00278. The van der Waals surface area contributed by atoms with Gasteiger partial charge in [-0.05, 0) is 11.1 Å². The van der Waals surface area contributed by atoms with Crippen molar-refractivity contribution in [2.24, 2.45) is 0 Å². The third-order valence-corrected chi connectivity index (χ3v) is 3.67. The molecule has 0 amide bonds. The van der Waals surface area contributed by atoms with Crippen molar-refractivity contribution in [2.45, 2.75) is 13.2 Å². The van der Waals surface area contributed by atoms with Crippen molar-refractivity contribution < 1.29 is 19.9 Å². The van der Waals surface area contributed by atoms with Gasteiger partial charge in [0.25, 0.3) is 0 Å². The van der Waals surface area contributed by atoms with Gasteiger partial charge in [0, 0.05) is 12.1 Å². The highest BCUT2D eigenvalue weighted by Crippen LogP contribution is 2.37. The Morgan fingerprint density at radius 3 is 1.81 bits per heavy atom. The molecular weight excluding hydrogens is 370 g/mol. The Hall–Kier alpha value is -3.09. The molecule has 0 atom stereocenters. The smallest absolute Gasteiger partial charge is 0.316 e. The van der Waals surface area contributed by atoms with Gasteiger partial charge in [-0.15, -0.1) is 0 Å². The number of aromatic hydroxyl groups is 2. The molecule has 7 heteroatoms. The van der Waals surface area contributed by atoms with Crippen LogP contribution in [-0.4, -0.2) is 15.1 Å². The first-order valence-electron chi connectivity index (χ1n) is 7.99. The largest absolute Gasteiger partial charge is 0.504 e. The van der Waals surface area contributed by atoms with Gasteiger partial charge >= 0.3 is 5.69 Å². The molecule has 2 N–H and O–H groups in total. The average molecular weight is 388 g/mol. The second-order valence-electron chi connectivity index (χ2n) is 5.51. The zero-order valence-corrected chi connectivity index (χ0v) is 15.0. The van der Waals surface area contributed by atoms with Crippen LogP contribution in [0.5, 0.6) is 11.5 Å². The van der Waals surface area contributed by atoms with Crippen molar-refractivity contribution in [3.63, 3.8) is 0 Å². The maximum atomic E-state index is 10.2. The average Bonchev–Trinajstić information content (AvgIpc) is 2.67. The van der Waals surface area contributed by atoms with E-state index in [0.717, 1.165) is 12.1 Å². The minimum atomic E-state index is -0.832. The van der Waals surface area contributed by atoms with Gasteiger partial charge in [-0.3, -0.25) is 10.1 Å². The molecule has 3 aromatic rings. The van der Waals surface area contributed by atoms with Crippen LogP contribution in [-0.2, 0) is 18.0 Å². The molecule has 0 radical (unpaired) electrons. The van der Waals surface area contributed by atoms with E-state index >= 15 is 0 Å². The summed E-state index contributed by atoms with van der Waals surface area (Å²) in [6.45, 7) is 1.35. The zero-order chi connectivity index (χ0) is 19.6. The SMILES string of the molecule is O=[N+]([O-])c1cc(Cl)cc(O)c1O.c1ccc(COCc2ccccc2)cc1. The van der Waals surface area contributed by atoms with Crippen LogP contribution in [0.4, 0.5) is 5.69 Å². The van der Waals surface area contributed by atoms with Gasteiger partial charge in [-0.2, -0.15) is 0 Å². The van der Waals surface area contributed by atoms with Crippen LogP contribution in [0.2, 0.25) is 5.02 Å². The lowest BCUT2D eigenvalue weighted by molar-refractivity contribution is -0.385. The molecule has 0 spiro atoms. The third kappa shape index (κ3) is 6.62. The maximum absolute atomic E-state index is 10.2. The summed E-state index contributed by atoms with van der Waals surface area (Å²) in [6.07, 6.45) is 0. The molecule has 0 aromatic heterocycles. The molecule has 27 heavy (non-hydrogen) atoms. The molecule has 0 aliphatic rings. The topological polar surface area (TPSA) is 92.8 Å². The lowest BCUT2D eigenvalue weighted by atomic mass is 10.2. The highest BCUT2D eigenvalue weighted by Gasteiger charge is 2.17. The summed E-state index contributed by atoms with van der Waals surface area (Å²) in [4.78, 5) is 9.37. The quantitative estimate of drug-likeness (QED) is 0.362. The van der Waals surface area contributed by atoms with Gasteiger partial charge in [-0.25, -0.2) is 0 Å². The van der Waals surface area contributed by atoms with Crippen LogP contribution < -0.4 is 0 Å². The Balaban J connectivity index is 0.000000199. The van der Waals surface area contributed by atoms with Gasteiger partial charge in [-0.1, -0.05) is 72.3 Å².